The number of hydrogen-bond acceptors (Lipinski definition) is 3. The van der Waals surface area contributed by atoms with Gasteiger partial charge in [0.25, 0.3) is 5.91 Å². The van der Waals surface area contributed by atoms with E-state index in [0.29, 0.717) is 12.6 Å². The predicted molar refractivity (Wildman–Crippen MR) is 78.9 cm³/mol. The Morgan fingerprint density at radius 3 is 3.05 bits per heavy atom. The third kappa shape index (κ3) is 4.35. The second-order valence-electron chi connectivity index (χ2n) is 5.11. The normalized spacial score (nSPS) is 16.2. The molecule has 1 fully saturated rings. The van der Waals surface area contributed by atoms with Crippen LogP contribution in [0.15, 0.2) is 18.3 Å². The summed E-state index contributed by atoms with van der Waals surface area (Å²) in [6, 6.07) is 3.75. The van der Waals surface area contributed by atoms with Gasteiger partial charge in [0.05, 0.1) is 6.10 Å². The van der Waals surface area contributed by atoms with Crippen LogP contribution in [0, 0.1) is 0 Å². The van der Waals surface area contributed by atoms with Gasteiger partial charge in [-0.2, -0.15) is 0 Å². The van der Waals surface area contributed by atoms with E-state index in [1.165, 1.54) is 0 Å². The van der Waals surface area contributed by atoms with Gasteiger partial charge in [-0.3, -0.25) is 4.79 Å². The summed E-state index contributed by atoms with van der Waals surface area (Å²) in [6.07, 6.45) is 5.37. The molecule has 1 amide bonds. The lowest BCUT2D eigenvalue weighted by Gasteiger charge is -2.22. The van der Waals surface area contributed by atoms with Crippen molar-refractivity contribution in [2.24, 2.45) is 0 Å². The number of rotatable bonds is 7. The van der Waals surface area contributed by atoms with Gasteiger partial charge >= 0.3 is 0 Å². The molecule has 1 aromatic rings. The van der Waals surface area contributed by atoms with Gasteiger partial charge in [-0.15, -0.1) is 0 Å². The molecule has 1 aliphatic heterocycles. The first-order chi connectivity index (χ1) is 9.81. The van der Waals surface area contributed by atoms with Gasteiger partial charge < -0.3 is 19.9 Å². The Balaban J connectivity index is 1.59. The number of nitrogens with one attached hydrogen (secondary N) is 2. The maximum absolute atomic E-state index is 12.0. The van der Waals surface area contributed by atoms with Gasteiger partial charge in [0, 0.05) is 25.9 Å². The second-order valence-corrected chi connectivity index (χ2v) is 5.11. The summed E-state index contributed by atoms with van der Waals surface area (Å²) >= 11 is 0. The minimum Gasteiger partial charge on any atom is -0.378 e. The summed E-state index contributed by atoms with van der Waals surface area (Å²) in [5, 5.41) is 6.26. The summed E-state index contributed by atoms with van der Waals surface area (Å²) in [7, 11) is 0. The molecule has 0 saturated carbocycles. The largest absolute Gasteiger partial charge is 0.378 e. The van der Waals surface area contributed by atoms with Crippen LogP contribution in [0.5, 0.6) is 0 Å². The van der Waals surface area contributed by atoms with Crippen molar-refractivity contribution in [1.29, 1.82) is 0 Å². The highest BCUT2D eigenvalue weighted by molar-refractivity contribution is 5.92. The SMILES string of the molecule is CCn1cccc1C(=O)NCCCOC1CCNCC1. The molecule has 1 saturated heterocycles. The van der Waals surface area contributed by atoms with Crippen LogP contribution in [0.25, 0.3) is 0 Å². The van der Waals surface area contributed by atoms with E-state index in [9.17, 15) is 4.79 Å². The minimum absolute atomic E-state index is 0.00119. The first-order valence-electron chi connectivity index (χ1n) is 7.57. The molecule has 1 aromatic heterocycles. The lowest BCUT2D eigenvalue weighted by atomic mass is 10.1. The van der Waals surface area contributed by atoms with Crippen molar-refractivity contribution in [1.82, 2.24) is 15.2 Å². The monoisotopic (exact) mass is 279 g/mol. The summed E-state index contributed by atoms with van der Waals surface area (Å²) in [5.41, 5.74) is 0.728. The molecular formula is C15H25N3O2. The average Bonchev–Trinajstić information content (AvgIpc) is 2.96. The Morgan fingerprint density at radius 2 is 2.30 bits per heavy atom. The topological polar surface area (TPSA) is 55.3 Å². The zero-order valence-corrected chi connectivity index (χ0v) is 12.2. The first-order valence-corrected chi connectivity index (χ1v) is 7.57. The van der Waals surface area contributed by atoms with Gasteiger partial charge in [-0.25, -0.2) is 0 Å². The first kappa shape index (κ1) is 15.1. The van der Waals surface area contributed by atoms with Crippen LogP contribution in [0.2, 0.25) is 0 Å². The molecule has 0 spiro atoms. The Bertz CT molecular complexity index is 411. The third-order valence-corrected chi connectivity index (χ3v) is 3.65. The molecule has 0 aliphatic carbocycles. The second kappa shape index (κ2) is 8.07. The van der Waals surface area contributed by atoms with Crippen LogP contribution in [0.4, 0.5) is 0 Å². The zero-order valence-electron chi connectivity index (χ0n) is 12.2. The molecule has 0 radical (unpaired) electrons. The Hall–Kier alpha value is -1.33. The van der Waals surface area contributed by atoms with E-state index in [4.69, 9.17) is 4.74 Å². The lowest BCUT2D eigenvalue weighted by Crippen LogP contribution is -2.33. The molecule has 0 atom stereocenters. The molecule has 20 heavy (non-hydrogen) atoms. The van der Waals surface area contributed by atoms with Gasteiger partial charge in [-0.1, -0.05) is 0 Å². The van der Waals surface area contributed by atoms with Crippen molar-refractivity contribution in [2.45, 2.75) is 38.8 Å². The maximum Gasteiger partial charge on any atom is 0.267 e. The van der Waals surface area contributed by atoms with E-state index >= 15 is 0 Å². The smallest absolute Gasteiger partial charge is 0.267 e. The Labute approximate surface area is 120 Å². The van der Waals surface area contributed by atoms with E-state index in [1.807, 2.05) is 29.8 Å². The van der Waals surface area contributed by atoms with E-state index < -0.39 is 0 Å². The van der Waals surface area contributed by atoms with Crippen LogP contribution >= 0.6 is 0 Å². The van der Waals surface area contributed by atoms with E-state index in [2.05, 4.69) is 10.6 Å². The van der Waals surface area contributed by atoms with Crippen molar-refractivity contribution in [3.05, 3.63) is 24.0 Å². The molecule has 112 valence electrons. The Morgan fingerprint density at radius 1 is 1.50 bits per heavy atom. The van der Waals surface area contributed by atoms with Crippen molar-refractivity contribution in [3.63, 3.8) is 0 Å². The van der Waals surface area contributed by atoms with Gasteiger partial charge in [0.1, 0.15) is 5.69 Å². The van der Waals surface area contributed by atoms with Crippen LogP contribution in [-0.2, 0) is 11.3 Å². The van der Waals surface area contributed by atoms with Gasteiger partial charge in [0.15, 0.2) is 0 Å². The fourth-order valence-electron chi connectivity index (χ4n) is 2.47. The van der Waals surface area contributed by atoms with Crippen LogP contribution in [0.3, 0.4) is 0 Å². The Kier molecular flexibility index (Phi) is 6.08. The third-order valence-electron chi connectivity index (χ3n) is 3.65. The molecule has 2 N–H and O–H groups in total. The van der Waals surface area contributed by atoms with Crippen molar-refractivity contribution in [3.8, 4) is 0 Å². The van der Waals surface area contributed by atoms with Crippen LogP contribution in [-0.4, -0.2) is 42.8 Å². The number of piperidine rings is 1. The fourth-order valence-corrected chi connectivity index (χ4v) is 2.47. The minimum atomic E-state index is -0.00119. The molecular weight excluding hydrogens is 254 g/mol. The molecule has 0 aromatic carbocycles. The highest BCUT2D eigenvalue weighted by Crippen LogP contribution is 2.07. The zero-order chi connectivity index (χ0) is 14.2. The van der Waals surface area contributed by atoms with Crippen molar-refractivity contribution in [2.75, 3.05) is 26.2 Å². The van der Waals surface area contributed by atoms with Crippen molar-refractivity contribution >= 4 is 5.91 Å². The number of carbonyl (C=O) groups excluding carboxylic acids is 1. The quantitative estimate of drug-likeness (QED) is 0.742. The van der Waals surface area contributed by atoms with Crippen LogP contribution < -0.4 is 10.6 Å². The van der Waals surface area contributed by atoms with Gasteiger partial charge in [-0.05, 0) is 51.4 Å². The summed E-state index contributed by atoms with van der Waals surface area (Å²) in [4.78, 5) is 12.0. The fraction of sp³-hybridized carbons (Fsp3) is 0.667. The van der Waals surface area contributed by atoms with Crippen LogP contribution in [0.1, 0.15) is 36.7 Å². The standard InChI is InChI=1S/C15H25N3O2/c1-2-18-11-3-5-14(18)15(19)17-8-4-12-20-13-6-9-16-10-7-13/h3,5,11,13,16H,2,4,6-10,12H2,1H3,(H,17,19). The number of amides is 1. The van der Waals surface area contributed by atoms with Crippen molar-refractivity contribution < 1.29 is 9.53 Å². The van der Waals surface area contributed by atoms with E-state index in [1.54, 1.807) is 0 Å². The summed E-state index contributed by atoms with van der Waals surface area (Å²) in [6.45, 7) is 6.33. The molecule has 2 rings (SSSR count). The molecule has 1 aliphatic rings. The molecule has 0 bridgehead atoms. The number of aryl methyl sites for hydroxylation is 1. The molecule has 5 heteroatoms. The predicted octanol–water partition coefficient (Wildman–Crippen LogP) is 1.40. The maximum atomic E-state index is 12.0. The number of ether oxygens (including phenoxy) is 1. The molecule has 2 heterocycles. The molecule has 5 nitrogen and oxygen atoms in total. The number of aromatic nitrogens is 1. The number of hydrogen-bond donors (Lipinski definition) is 2. The highest BCUT2D eigenvalue weighted by atomic mass is 16.5. The van der Waals surface area contributed by atoms with E-state index in [0.717, 1.165) is 51.2 Å². The molecule has 0 unspecified atom stereocenters. The number of carbonyl (C=O) groups is 1. The summed E-state index contributed by atoms with van der Waals surface area (Å²) < 4.78 is 7.75. The van der Waals surface area contributed by atoms with E-state index in [-0.39, 0.29) is 5.91 Å². The number of nitrogens with zero attached hydrogens (tertiary/aromatic N) is 1. The summed E-state index contributed by atoms with van der Waals surface area (Å²) in [5.74, 6) is -0.00119. The van der Waals surface area contributed by atoms with Gasteiger partial charge in [0.2, 0.25) is 0 Å². The highest BCUT2D eigenvalue weighted by Gasteiger charge is 2.13. The lowest BCUT2D eigenvalue weighted by molar-refractivity contribution is 0.0317. The average molecular weight is 279 g/mol.